The van der Waals surface area contributed by atoms with Gasteiger partial charge in [-0.05, 0) is 37.6 Å². The van der Waals surface area contributed by atoms with E-state index in [2.05, 4.69) is 22.3 Å². The predicted molar refractivity (Wildman–Crippen MR) is 120 cm³/mol. The van der Waals surface area contributed by atoms with Gasteiger partial charge < -0.3 is 10.1 Å². The Balaban J connectivity index is 1.60. The molecule has 0 spiro atoms. The molecule has 1 N–H and O–H groups in total. The first-order valence-corrected chi connectivity index (χ1v) is 10.3. The number of carbonyl (C=O) groups excluding carboxylic acids is 1. The van der Waals surface area contributed by atoms with Crippen molar-refractivity contribution < 1.29 is 9.53 Å². The van der Waals surface area contributed by atoms with E-state index in [9.17, 15) is 4.79 Å². The fourth-order valence-electron chi connectivity index (χ4n) is 2.87. The van der Waals surface area contributed by atoms with Crippen LogP contribution in [0.1, 0.15) is 36.6 Å². The molecule has 2 heterocycles. The van der Waals surface area contributed by atoms with Gasteiger partial charge in [0, 0.05) is 47.9 Å². The summed E-state index contributed by atoms with van der Waals surface area (Å²) < 4.78 is 7.55. The molecule has 0 unspecified atom stereocenters. The maximum absolute atomic E-state index is 12.4. The Kier molecular flexibility index (Phi) is 7.63. The molecule has 7 heteroatoms. The second-order valence-electron chi connectivity index (χ2n) is 6.87. The summed E-state index contributed by atoms with van der Waals surface area (Å²) in [5, 5.41) is 7.84. The molecule has 156 valence electrons. The third-order valence-electron chi connectivity index (χ3n) is 4.46. The number of anilines is 1. The first kappa shape index (κ1) is 21.6. The maximum atomic E-state index is 12.4. The van der Waals surface area contributed by atoms with Crippen LogP contribution in [-0.2, 0) is 17.9 Å². The van der Waals surface area contributed by atoms with Crippen molar-refractivity contribution in [2.45, 2.75) is 39.8 Å². The molecular formula is C23H25ClN4O2. The van der Waals surface area contributed by atoms with Crippen LogP contribution in [0.25, 0.3) is 6.08 Å². The highest BCUT2D eigenvalue weighted by atomic mass is 35.5. The van der Waals surface area contributed by atoms with Crippen molar-refractivity contribution in [1.29, 1.82) is 0 Å². The second-order valence-corrected chi connectivity index (χ2v) is 7.22. The zero-order valence-electron chi connectivity index (χ0n) is 17.1. The number of carbonyl (C=O) groups is 1. The van der Waals surface area contributed by atoms with Crippen molar-refractivity contribution in [2.75, 3.05) is 5.32 Å². The number of halogens is 1. The van der Waals surface area contributed by atoms with Gasteiger partial charge in [0.25, 0.3) is 0 Å². The number of amides is 1. The van der Waals surface area contributed by atoms with Crippen LogP contribution in [0, 0.1) is 6.92 Å². The number of aryl methyl sites for hydroxylation is 2. The van der Waals surface area contributed by atoms with E-state index in [4.69, 9.17) is 16.3 Å². The topological polar surface area (TPSA) is 69.0 Å². The zero-order chi connectivity index (χ0) is 21.3. The fraction of sp³-hybridized carbons (Fsp3) is 0.261. The Morgan fingerprint density at radius 1 is 1.30 bits per heavy atom. The van der Waals surface area contributed by atoms with Gasteiger partial charge in [-0.3, -0.25) is 14.5 Å². The number of hydrogen-bond donors (Lipinski definition) is 1. The molecule has 0 atom stereocenters. The van der Waals surface area contributed by atoms with Crippen LogP contribution in [0.15, 0.2) is 54.9 Å². The summed E-state index contributed by atoms with van der Waals surface area (Å²) >= 11 is 6.41. The van der Waals surface area contributed by atoms with E-state index in [1.54, 1.807) is 29.2 Å². The number of nitrogens with one attached hydrogen (secondary N) is 1. The van der Waals surface area contributed by atoms with Crippen LogP contribution in [0.4, 0.5) is 5.69 Å². The van der Waals surface area contributed by atoms with Crippen molar-refractivity contribution in [3.63, 3.8) is 0 Å². The molecule has 0 bridgehead atoms. The molecule has 0 aliphatic carbocycles. The molecule has 30 heavy (non-hydrogen) atoms. The molecule has 0 radical (unpaired) electrons. The Bertz CT molecular complexity index is 1020. The summed E-state index contributed by atoms with van der Waals surface area (Å²) in [6, 6.07) is 11.1. The Morgan fingerprint density at radius 2 is 2.17 bits per heavy atom. The highest BCUT2D eigenvalue weighted by Gasteiger charge is 2.11. The summed E-state index contributed by atoms with van der Waals surface area (Å²) in [5.74, 6) is 0.410. The Hall–Kier alpha value is -3.12. The number of hydrogen-bond acceptors (Lipinski definition) is 4. The summed E-state index contributed by atoms with van der Waals surface area (Å²) in [5.41, 5.74) is 3.18. The predicted octanol–water partition coefficient (Wildman–Crippen LogP) is 5.27. The van der Waals surface area contributed by atoms with Gasteiger partial charge >= 0.3 is 0 Å². The lowest BCUT2D eigenvalue weighted by Gasteiger charge is -2.08. The lowest BCUT2D eigenvalue weighted by molar-refractivity contribution is -0.111. The minimum atomic E-state index is -0.254. The van der Waals surface area contributed by atoms with Crippen molar-refractivity contribution in [1.82, 2.24) is 14.8 Å². The van der Waals surface area contributed by atoms with Crippen molar-refractivity contribution in [3.8, 4) is 5.75 Å². The van der Waals surface area contributed by atoms with Gasteiger partial charge in [-0.1, -0.05) is 37.1 Å². The molecule has 0 aliphatic rings. The third-order valence-corrected chi connectivity index (χ3v) is 4.86. The quantitative estimate of drug-likeness (QED) is 0.475. The average molecular weight is 425 g/mol. The number of ether oxygens (including phenoxy) is 1. The molecular weight excluding hydrogens is 400 g/mol. The molecule has 0 aliphatic heterocycles. The molecule has 3 rings (SSSR count). The van der Waals surface area contributed by atoms with Gasteiger partial charge in [-0.2, -0.15) is 5.10 Å². The SMILES string of the molecule is CCCCn1nc(C)c(/C=C/C(=O)Nc2cccc(OCc3cccnc3)c2)c1Cl. The van der Waals surface area contributed by atoms with E-state index >= 15 is 0 Å². The van der Waals surface area contributed by atoms with Gasteiger partial charge in [0.2, 0.25) is 5.91 Å². The van der Waals surface area contributed by atoms with Crippen LogP contribution >= 0.6 is 11.6 Å². The summed E-state index contributed by atoms with van der Waals surface area (Å²) in [4.78, 5) is 16.4. The van der Waals surface area contributed by atoms with E-state index in [1.165, 1.54) is 6.08 Å². The molecule has 2 aromatic heterocycles. The molecule has 0 fully saturated rings. The summed E-state index contributed by atoms with van der Waals surface area (Å²) in [7, 11) is 0. The van der Waals surface area contributed by atoms with Crippen LogP contribution < -0.4 is 10.1 Å². The van der Waals surface area contributed by atoms with Gasteiger partial charge in [-0.15, -0.1) is 0 Å². The molecule has 0 saturated heterocycles. The molecule has 6 nitrogen and oxygen atoms in total. The molecule has 3 aromatic rings. The lowest BCUT2D eigenvalue weighted by atomic mass is 10.2. The third kappa shape index (κ3) is 5.94. The van der Waals surface area contributed by atoms with E-state index in [1.807, 2.05) is 37.3 Å². The van der Waals surface area contributed by atoms with Gasteiger partial charge in [0.05, 0.1) is 5.69 Å². The molecule has 0 saturated carbocycles. The van der Waals surface area contributed by atoms with Crippen molar-refractivity contribution in [2.24, 2.45) is 0 Å². The number of nitrogens with zero attached hydrogens (tertiary/aromatic N) is 3. The fourth-order valence-corrected chi connectivity index (χ4v) is 3.19. The number of rotatable bonds is 9. The van der Waals surface area contributed by atoms with Crippen LogP contribution in [-0.4, -0.2) is 20.7 Å². The van der Waals surface area contributed by atoms with Crippen LogP contribution in [0.2, 0.25) is 5.15 Å². The lowest BCUT2D eigenvalue weighted by Crippen LogP contribution is -2.08. The molecule has 1 amide bonds. The zero-order valence-corrected chi connectivity index (χ0v) is 17.9. The minimum absolute atomic E-state index is 0.254. The first-order chi connectivity index (χ1) is 14.6. The van der Waals surface area contributed by atoms with Crippen LogP contribution in [0.5, 0.6) is 5.75 Å². The van der Waals surface area contributed by atoms with E-state index in [0.29, 0.717) is 23.2 Å². The first-order valence-electron chi connectivity index (χ1n) is 9.90. The van der Waals surface area contributed by atoms with Crippen molar-refractivity contribution >= 4 is 29.3 Å². The van der Waals surface area contributed by atoms with E-state index < -0.39 is 0 Å². The monoisotopic (exact) mass is 424 g/mol. The highest BCUT2D eigenvalue weighted by Crippen LogP contribution is 2.22. The number of pyridine rings is 1. The number of benzene rings is 1. The van der Waals surface area contributed by atoms with E-state index in [-0.39, 0.29) is 5.91 Å². The van der Waals surface area contributed by atoms with Gasteiger partial charge in [0.1, 0.15) is 17.5 Å². The van der Waals surface area contributed by atoms with Crippen molar-refractivity contribution in [3.05, 3.63) is 76.8 Å². The summed E-state index contributed by atoms with van der Waals surface area (Å²) in [6.07, 6.45) is 8.71. The number of unbranched alkanes of at least 4 members (excludes halogenated alkanes) is 1. The number of aromatic nitrogens is 3. The van der Waals surface area contributed by atoms with Crippen LogP contribution in [0.3, 0.4) is 0 Å². The smallest absolute Gasteiger partial charge is 0.248 e. The normalized spacial score (nSPS) is 11.0. The highest BCUT2D eigenvalue weighted by molar-refractivity contribution is 6.31. The second kappa shape index (κ2) is 10.6. The minimum Gasteiger partial charge on any atom is -0.489 e. The Morgan fingerprint density at radius 3 is 2.93 bits per heavy atom. The standard InChI is InChI=1S/C23H25ClN4O2/c1-3-4-13-28-23(24)21(17(2)27-28)10-11-22(29)26-19-8-5-9-20(14-19)30-16-18-7-6-12-25-15-18/h5-12,14-15H,3-4,13,16H2,1-2H3,(H,26,29)/b11-10+. The van der Waals surface area contributed by atoms with Gasteiger partial charge in [0.15, 0.2) is 0 Å². The Labute approximate surface area is 181 Å². The molecule has 1 aromatic carbocycles. The summed E-state index contributed by atoms with van der Waals surface area (Å²) in [6.45, 7) is 5.18. The largest absolute Gasteiger partial charge is 0.489 e. The van der Waals surface area contributed by atoms with Gasteiger partial charge in [-0.25, -0.2) is 0 Å². The maximum Gasteiger partial charge on any atom is 0.248 e. The average Bonchev–Trinajstić information content (AvgIpc) is 3.03. The van der Waals surface area contributed by atoms with E-state index in [0.717, 1.165) is 36.2 Å².